The average molecular weight is 635 g/mol. The number of anilines is 1. The molecular formula is C41H30N8. The van der Waals surface area contributed by atoms with Crippen molar-refractivity contribution in [1.29, 1.82) is 0 Å². The molecule has 0 fully saturated rings. The lowest BCUT2D eigenvalue weighted by molar-refractivity contribution is 1.18. The van der Waals surface area contributed by atoms with Crippen LogP contribution < -0.4 is 27.1 Å². The first-order valence-electron chi connectivity index (χ1n) is 16.0. The molecule has 0 spiro atoms. The smallest absolute Gasteiger partial charge is 0.0485 e. The van der Waals surface area contributed by atoms with Crippen LogP contribution in [0.15, 0.2) is 146 Å². The molecule has 7 aromatic heterocycles. The standard InChI is InChI=1S/C41H30N8/c42-29-3-1-2-28(24-29)41-36-10-8-34(48-36)39(26-14-20-44-21-15-26)32-6-4-30(46-32)38(25-12-18-43-19-13-25)31-5-7-33(47-31)40(27-16-22-45-23-17-27)35-9-11-37(41)49-35/h1-24,46-49H,42H2. The number of rotatable bonds is 4. The van der Waals surface area contributed by atoms with Gasteiger partial charge in [0.2, 0.25) is 0 Å². The number of benzene rings is 1. The summed E-state index contributed by atoms with van der Waals surface area (Å²) in [5.41, 5.74) is 19.1. The first kappa shape index (κ1) is 28.3. The lowest BCUT2D eigenvalue weighted by Gasteiger charge is -2.10. The fraction of sp³-hybridized carbons (Fsp3) is 0. The van der Waals surface area contributed by atoms with E-state index < -0.39 is 0 Å². The van der Waals surface area contributed by atoms with Crippen LogP contribution in [0.25, 0.3) is 22.3 Å². The number of nitrogens with zero attached hydrogens (tertiary/aromatic N) is 3. The van der Waals surface area contributed by atoms with Gasteiger partial charge >= 0.3 is 0 Å². The summed E-state index contributed by atoms with van der Waals surface area (Å²) in [6.07, 6.45) is 11.0. The summed E-state index contributed by atoms with van der Waals surface area (Å²) in [5.74, 6) is 0. The van der Waals surface area contributed by atoms with Crippen LogP contribution in [0, 0.1) is 0 Å². The van der Waals surface area contributed by atoms with Crippen molar-refractivity contribution in [1.82, 2.24) is 34.9 Å². The van der Waals surface area contributed by atoms with Crippen molar-refractivity contribution in [2.45, 2.75) is 0 Å². The van der Waals surface area contributed by atoms with E-state index in [1.165, 1.54) is 0 Å². The van der Waals surface area contributed by atoms with E-state index in [1.54, 1.807) is 0 Å². The zero-order valence-corrected chi connectivity index (χ0v) is 26.3. The van der Waals surface area contributed by atoms with Crippen molar-refractivity contribution in [2.75, 3.05) is 5.73 Å². The van der Waals surface area contributed by atoms with E-state index in [0.717, 1.165) is 88.7 Å². The third-order valence-corrected chi connectivity index (χ3v) is 8.98. The summed E-state index contributed by atoms with van der Waals surface area (Å²) in [4.78, 5) is 28.1. The second-order valence-corrected chi connectivity index (χ2v) is 12.0. The number of nitrogens with two attached hydrogens (primary N) is 1. The van der Waals surface area contributed by atoms with Gasteiger partial charge in [-0.25, -0.2) is 0 Å². The van der Waals surface area contributed by atoms with Crippen molar-refractivity contribution in [3.8, 4) is 0 Å². The second-order valence-electron chi connectivity index (χ2n) is 12.0. The molecule has 0 amide bonds. The van der Waals surface area contributed by atoms with Gasteiger partial charge in [0.15, 0.2) is 0 Å². The fourth-order valence-corrected chi connectivity index (χ4v) is 6.82. The van der Waals surface area contributed by atoms with Gasteiger partial charge in [0.1, 0.15) is 0 Å². The highest BCUT2D eigenvalue weighted by Crippen LogP contribution is 2.28. The molecule has 0 saturated carbocycles. The first-order chi connectivity index (χ1) is 24.2. The number of pyridine rings is 3. The van der Waals surface area contributed by atoms with Crippen molar-refractivity contribution >= 4 is 28.0 Å². The Morgan fingerprint density at radius 2 is 0.694 bits per heavy atom. The molecule has 0 unspecified atom stereocenters. The minimum atomic E-state index is 0.697. The highest BCUT2D eigenvalue weighted by atomic mass is 14.8. The molecule has 8 nitrogen and oxygen atoms in total. The van der Waals surface area contributed by atoms with Crippen LogP contribution in [-0.2, 0) is 0 Å². The highest BCUT2D eigenvalue weighted by molar-refractivity contribution is 5.84. The summed E-state index contributed by atoms with van der Waals surface area (Å²) >= 11 is 0. The zero-order valence-electron chi connectivity index (χ0n) is 26.3. The van der Waals surface area contributed by atoms with Crippen LogP contribution in [0.1, 0.15) is 45.0 Å². The van der Waals surface area contributed by atoms with Gasteiger partial charge in [-0.15, -0.1) is 0 Å². The Morgan fingerprint density at radius 1 is 0.347 bits per heavy atom. The maximum Gasteiger partial charge on any atom is 0.0485 e. The van der Waals surface area contributed by atoms with Crippen molar-refractivity contribution in [2.24, 2.45) is 0 Å². The molecule has 0 radical (unpaired) electrons. The van der Waals surface area contributed by atoms with Crippen LogP contribution in [0.2, 0.25) is 0 Å². The molecule has 0 atom stereocenters. The zero-order chi connectivity index (χ0) is 32.7. The summed E-state index contributed by atoms with van der Waals surface area (Å²) in [6.45, 7) is 0. The van der Waals surface area contributed by atoms with Gasteiger partial charge in [-0.1, -0.05) is 12.1 Å². The number of aromatic amines is 4. The molecule has 234 valence electrons. The normalized spacial score (nSPS) is 12.8. The SMILES string of the molecule is Nc1cccc(C2=c3ccc([nH]3)=C(c3ccncc3)c3ccc([nH]3)C(c3ccncc3)=c3ccc([nH]3)=C(c3ccncc3)c3ccc2[nH]3)c1. The predicted octanol–water partition coefficient (Wildman–Crippen LogP) is 4.07. The molecule has 6 N–H and O–H groups in total. The van der Waals surface area contributed by atoms with E-state index in [9.17, 15) is 0 Å². The van der Waals surface area contributed by atoms with Crippen molar-refractivity contribution < 1.29 is 0 Å². The minimum Gasteiger partial charge on any atom is -0.399 e. The van der Waals surface area contributed by atoms with Crippen molar-refractivity contribution in [3.05, 3.63) is 213 Å². The minimum absolute atomic E-state index is 0.697. The maximum atomic E-state index is 6.34. The van der Waals surface area contributed by atoms with Crippen molar-refractivity contribution in [3.63, 3.8) is 0 Å². The molecule has 8 heterocycles. The lowest BCUT2D eigenvalue weighted by atomic mass is 10.0. The lowest BCUT2D eigenvalue weighted by Crippen LogP contribution is -2.19. The number of hydrogen-bond donors (Lipinski definition) is 5. The van der Waals surface area contributed by atoms with E-state index in [-0.39, 0.29) is 0 Å². The predicted molar refractivity (Wildman–Crippen MR) is 192 cm³/mol. The van der Waals surface area contributed by atoms with Crippen LogP contribution in [0.4, 0.5) is 5.69 Å². The third kappa shape index (κ3) is 5.08. The molecule has 0 aliphatic carbocycles. The van der Waals surface area contributed by atoms with E-state index in [2.05, 4.69) is 89.5 Å². The number of nitrogen functional groups attached to an aromatic ring is 1. The van der Waals surface area contributed by atoms with E-state index in [1.807, 2.05) is 91.8 Å². The molecule has 1 aliphatic heterocycles. The van der Waals surface area contributed by atoms with Crippen LogP contribution >= 0.6 is 0 Å². The summed E-state index contributed by atoms with van der Waals surface area (Å²) < 4.78 is 0. The third-order valence-electron chi connectivity index (χ3n) is 8.98. The number of fused-ring (bicyclic) bond motifs is 8. The second kappa shape index (κ2) is 11.7. The molecule has 0 saturated heterocycles. The summed E-state index contributed by atoms with van der Waals surface area (Å²) in [5, 5.41) is 3.86. The molecule has 8 bridgehead atoms. The fourth-order valence-electron chi connectivity index (χ4n) is 6.82. The quantitative estimate of drug-likeness (QED) is 0.187. The van der Waals surface area contributed by atoms with Gasteiger partial charge in [-0.3, -0.25) is 15.0 Å². The number of hydrogen-bond acceptors (Lipinski definition) is 4. The maximum absolute atomic E-state index is 6.34. The van der Waals surface area contributed by atoms with Crippen LogP contribution in [0.3, 0.4) is 0 Å². The molecule has 9 rings (SSSR count). The Balaban J connectivity index is 1.44. The van der Waals surface area contributed by atoms with Gasteiger partial charge in [0, 0.05) is 109 Å². The topological polar surface area (TPSA) is 128 Å². The number of aromatic nitrogens is 7. The Kier molecular flexibility index (Phi) is 6.76. The van der Waals surface area contributed by atoms with Gasteiger partial charge in [-0.2, -0.15) is 0 Å². The molecule has 49 heavy (non-hydrogen) atoms. The molecule has 1 aromatic carbocycles. The van der Waals surface area contributed by atoms with Gasteiger partial charge < -0.3 is 25.7 Å². The first-order valence-corrected chi connectivity index (χ1v) is 16.0. The average Bonchev–Trinajstić information content (AvgIpc) is 3.97. The van der Waals surface area contributed by atoms with Gasteiger partial charge in [0.25, 0.3) is 0 Å². The van der Waals surface area contributed by atoms with Gasteiger partial charge in [0.05, 0.1) is 0 Å². The summed E-state index contributed by atoms with van der Waals surface area (Å²) in [7, 11) is 0. The van der Waals surface area contributed by atoms with Gasteiger partial charge in [-0.05, 0) is 119 Å². The largest absolute Gasteiger partial charge is 0.399 e. The highest BCUT2D eigenvalue weighted by Gasteiger charge is 2.18. The molecule has 1 aliphatic rings. The Morgan fingerprint density at radius 3 is 1.04 bits per heavy atom. The van der Waals surface area contributed by atoms with Crippen LogP contribution in [0.5, 0.6) is 0 Å². The monoisotopic (exact) mass is 634 g/mol. The van der Waals surface area contributed by atoms with Crippen LogP contribution in [-0.4, -0.2) is 34.9 Å². The number of H-pyrrole nitrogens is 4. The number of nitrogens with one attached hydrogen (secondary N) is 4. The Bertz CT molecular complexity index is 2710. The Hall–Kier alpha value is -6.93. The van der Waals surface area contributed by atoms with E-state index >= 15 is 0 Å². The van der Waals surface area contributed by atoms with E-state index in [4.69, 9.17) is 5.73 Å². The Labute approximate surface area is 280 Å². The molecule has 8 heteroatoms. The molecule has 8 aromatic rings. The van der Waals surface area contributed by atoms with E-state index in [0.29, 0.717) is 5.69 Å². The summed E-state index contributed by atoms with van der Waals surface area (Å²) in [6, 6.07) is 37.4. The molecular weight excluding hydrogens is 605 g/mol.